The summed E-state index contributed by atoms with van der Waals surface area (Å²) in [7, 11) is 0.883. The molecular weight excluding hydrogens is 649 g/mol. The van der Waals surface area contributed by atoms with E-state index in [0.29, 0.717) is 6.42 Å². The smallest absolute Gasteiger partial charge is 0.375 e. The molecule has 0 bridgehead atoms. The molecule has 0 aliphatic carbocycles. The number of phenols is 1. The molecule has 0 fully saturated rings. The van der Waals surface area contributed by atoms with Crippen molar-refractivity contribution in [3.05, 3.63) is 103 Å². The van der Waals surface area contributed by atoms with Gasteiger partial charge in [0.25, 0.3) is 5.91 Å². The predicted octanol–water partition coefficient (Wildman–Crippen LogP) is 8.41. The molecule has 1 aromatic carbocycles. The van der Waals surface area contributed by atoms with E-state index < -0.39 is 32.5 Å². The molecule has 1 aromatic rings. The van der Waals surface area contributed by atoms with Crippen LogP contribution < -0.4 is 10.0 Å². The number of hydrogen-bond donors (Lipinski definition) is 3. The quantitative estimate of drug-likeness (QED) is 0.0662. The molecule has 9 nitrogen and oxygen atoms in total. The summed E-state index contributed by atoms with van der Waals surface area (Å²) in [5.74, 6) is -1.80. The number of rotatable bonds is 21. The highest BCUT2D eigenvalue weighted by Crippen LogP contribution is 2.57. The molecule has 0 spiro atoms. The molecule has 0 aliphatic heterocycles. The van der Waals surface area contributed by atoms with Crippen LogP contribution in [0.15, 0.2) is 97.2 Å². The van der Waals surface area contributed by atoms with Crippen LogP contribution in [-0.4, -0.2) is 60.0 Å². The van der Waals surface area contributed by atoms with Crippen molar-refractivity contribution in [2.24, 2.45) is 0 Å². The van der Waals surface area contributed by atoms with E-state index in [1.54, 1.807) is 19.1 Å². The molecule has 0 aromatic heterocycles. The van der Waals surface area contributed by atoms with Gasteiger partial charge < -0.3 is 24.6 Å². The maximum absolute atomic E-state index is 12.9. The second kappa shape index (κ2) is 26.0. The van der Waals surface area contributed by atoms with Gasteiger partial charge in [0.2, 0.25) is 5.91 Å². The Bertz CT molecular complexity index is 1320. The van der Waals surface area contributed by atoms with Crippen LogP contribution in [0.1, 0.15) is 75.6 Å². The topological polar surface area (TPSA) is 131 Å². The van der Waals surface area contributed by atoms with Crippen LogP contribution in [0.5, 0.6) is 5.75 Å². The van der Waals surface area contributed by atoms with Crippen LogP contribution in [-0.2, 0) is 19.1 Å². The highest BCUT2D eigenvalue weighted by molar-refractivity contribution is 8.99. The van der Waals surface area contributed by atoms with Crippen LogP contribution in [0, 0.1) is 0 Å². The highest BCUT2D eigenvalue weighted by Gasteiger charge is 2.37. The number of carbonyl (C=O) groups excluding carboxylic acids is 4. The van der Waals surface area contributed by atoms with E-state index in [-0.39, 0.29) is 35.1 Å². The van der Waals surface area contributed by atoms with Crippen molar-refractivity contribution >= 4 is 43.1 Å². The van der Waals surface area contributed by atoms with Crippen molar-refractivity contribution in [2.45, 2.75) is 71.3 Å². The van der Waals surface area contributed by atoms with Gasteiger partial charge in [0, 0.05) is 17.9 Å². The lowest BCUT2D eigenvalue weighted by Gasteiger charge is -2.36. The van der Waals surface area contributed by atoms with E-state index in [9.17, 15) is 24.3 Å². The molecule has 2 atom stereocenters. The van der Waals surface area contributed by atoms with Crippen LogP contribution in [0.2, 0.25) is 0 Å². The van der Waals surface area contributed by atoms with E-state index in [1.165, 1.54) is 26.4 Å². The highest BCUT2D eigenvalue weighted by atomic mass is 33.2. The van der Waals surface area contributed by atoms with Crippen molar-refractivity contribution in [3.8, 4) is 5.75 Å². The van der Waals surface area contributed by atoms with Gasteiger partial charge in [-0.2, -0.15) is 0 Å². The van der Waals surface area contributed by atoms with Crippen LogP contribution in [0.3, 0.4) is 0 Å². The fourth-order valence-electron chi connectivity index (χ4n) is 4.01. The Morgan fingerprint density at radius 2 is 1.31 bits per heavy atom. The molecule has 0 aliphatic rings. The number of benzene rings is 1. The lowest BCUT2D eigenvalue weighted by molar-refractivity contribution is -0.142. The minimum Gasteiger partial charge on any atom is -0.507 e. The number of amides is 2. The first kappa shape index (κ1) is 42.1. The monoisotopic (exact) mass is 700 g/mol. The third-order valence-electron chi connectivity index (χ3n) is 6.63. The summed E-state index contributed by atoms with van der Waals surface area (Å²) in [6.45, 7) is 3.88. The number of carbonyl (C=O) groups is 4. The lowest BCUT2D eigenvalue weighted by Crippen LogP contribution is -2.44. The average molecular weight is 701 g/mol. The van der Waals surface area contributed by atoms with Gasteiger partial charge in [0.05, 0.1) is 19.8 Å². The van der Waals surface area contributed by atoms with Gasteiger partial charge in [-0.3, -0.25) is 9.59 Å². The van der Waals surface area contributed by atoms with Gasteiger partial charge in [0.1, 0.15) is 11.8 Å². The Kier molecular flexibility index (Phi) is 22.8. The SMILES string of the molecule is CCC=CCC=CCC=CCC=CCC=CCC=CCCC(=O)NS(CC)(SCC(NC(=O)c1ccccc1O)C(=O)OC)C(=O)OC. The van der Waals surface area contributed by atoms with Crippen LogP contribution in [0.4, 0.5) is 4.79 Å². The maximum atomic E-state index is 12.9. The number of esters is 1. The van der Waals surface area contributed by atoms with Crippen molar-refractivity contribution in [2.75, 3.05) is 25.7 Å². The van der Waals surface area contributed by atoms with E-state index in [2.05, 4.69) is 77.7 Å². The lowest BCUT2D eigenvalue weighted by atomic mass is 10.2. The van der Waals surface area contributed by atoms with Crippen LogP contribution in [0.25, 0.3) is 0 Å². The van der Waals surface area contributed by atoms with Crippen molar-refractivity contribution < 1.29 is 33.8 Å². The zero-order valence-corrected chi connectivity index (χ0v) is 30.2. The number of phenolic OH excluding ortho intramolecular Hbond substituents is 1. The summed E-state index contributed by atoms with van der Waals surface area (Å²) in [6.07, 6.45) is 31.6. The zero-order valence-electron chi connectivity index (χ0n) is 28.6. The van der Waals surface area contributed by atoms with Gasteiger partial charge in [0.15, 0.2) is 0 Å². The standard InChI is InChI=1S/C37H52N2O7S2/c1-5-7-8-9-10-11-12-13-14-15-16-17-18-19-20-21-22-23-24-29-34(41)39-48(6-2,37(44)46-4)47-30-32(36(43)45-3)38-35(42)31-27-25-26-28-33(31)40/h7-8,10-11,13-14,16-17,19-20,22-23,25-28,32,40H,5-6,9,12,15,18,21,24,29-30H2,1-4H3,(H,38,42)(H,39,41). The first-order chi connectivity index (χ1) is 23.2. The van der Waals surface area contributed by atoms with E-state index >= 15 is 0 Å². The summed E-state index contributed by atoms with van der Waals surface area (Å²) in [5, 5.41) is 12.0. The number of hydrogen-bond acceptors (Lipinski definition) is 8. The molecule has 0 heterocycles. The average Bonchev–Trinajstić information content (AvgIpc) is 3.09. The Hall–Kier alpha value is -3.96. The number of ether oxygens (including phenoxy) is 2. The second-order valence-corrected chi connectivity index (χ2v) is 15.7. The molecule has 0 radical (unpaired) electrons. The van der Waals surface area contributed by atoms with Crippen molar-refractivity contribution in [1.29, 1.82) is 0 Å². The first-order valence-corrected chi connectivity index (χ1v) is 19.5. The van der Waals surface area contributed by atoms with Crippen LogP contribution >= 0.6 is 20.0 Å². The van der Waals surface area contributed by atoms with Crippen molar-refractivity contribution in [3.63, 3.8) is 0 Å². The van der Waals surface area contributed by atoms with Gasteiger partial charge >= 0.3 is 11.3 Å². The normalized spacial score (nSPS) is 14.6. The van der Waals surface area contributed by atoms with Gasteiger partial charge in [-0.05, 0) is 66.3 Å². The molecule has 1 rings (SSSR count). The molecule has 2 amide bonds. The number of para-hydroxylation sites is 1. The molecule has 3 N–H and O–H groups in total. The Balaban J connectivity index is 2.54. The van der Waals surface area contributed by atoms with Crippen molar-refractivity contribution in [1.82, 2.24) is 10.0 Å². The third-order valence-corrected chi connectivity index (χ3v) is 12.6. The number of aromatic hydroxyl groups is 1. The third kappa shape index (κ3) is 17.3. The second-order valence-electron chi connectivity index (χ2n) is 10.2. The molecule has 48 heavy (non-hydrogen) atoms. The van der Waals surface area contributed by atoms with Gasteiger partial charge in [-0.25, -0.2) is 9.59 Å². The minimum absolute atomic E-state index is 0.0128. The Morgan fingerprint density at radius 1 is 0.792 bits per heavy atom. The largest absolute Gasteiger partial charge is 0.507 e. The van der Waals surface area contributed by atoms with E-state index in [1.807, 2.05) is 12.2 Å². The molecule has 11 heteroatoms. The number of allylic oxidation sites excluding steroid dienone is 12. The first-order valence-electron chi connectivity index (χ1n) is 16.1. The predicted molar refractivity (Wildman–Crippen MR) is 200 cm³/mol. The number of nitrogens with one attached hydrogen (secondary N) is 2. The van der Waals surface area contributed by atoms with Gasteiger partial charge in [-0.15, -0.1) is 0 Å². The molecular formula is C37H52N2O7S2. The molecule has 0 saturated heterocycles. The number of methoxy groups -OCH3 is 2. The van der Waals surface area contributed by atoms with E-state index in [4.69, 9.17) is 9.47 Å². The fourth-order valence-corrected chi connectivity index (χ4v) is 8.68. The zero-order chi connectivity index (χ0) is 35.5. The molecule has 264 valence electrons. The summed E-state index contributed by atoms with van der Waals surface area (Å²) in [5.41, 5.74) is -0.0128. The fraction of sp³-hybridized carbons (Fsp3) is 0.405. The Morgan fingerprint density at radius 3 is 1.79 bits per heavy atom. The summed E-state index contributed by atoms with van der Waals surface area (Å²) >= 11 is 0. The molecule has 2 unspecified atom stereocenters. The summed E-state index contributed by atoms with van der Waals surface area (Å²) in [4.78, 5) is 51.0. The maximum Gasteiger partial charge on any atom is 0.375 e. The van der Waals surface area contributed by atoms with E-state index in [0.717, 1.165) is 49.3 Å². The minimum atomic E-state index is -2.59. The van der Waals surface area contributed by atoms with Gasteiger partial charge in [-0.1, -0.05) is 110 Å². The Labute approximate surface area is 291 Å². The summed E-state index contributed by atoms with van der Waals surface area (Å²) in [6, 6.07) is 4.78. The molecule has 0 saturated carbocycles. The summed E-state index contributed by atoms with van der Waals surface area (Å²) < 4.78 is 12.7.